The van der Waals surface area contributed by atoms with Crippen molar-refractivity contribution in [2.45, 2.75) is 6.92 Å². The van der Waals surface area contributed by atoms with Gasteiger partial charge in [0, 0.05) is 6.92 Å². The van der Waals surface area contributed by atoms with Gasteiger partial charge in [-0.15, -0.1) is 0 Å². The minimum atomic E-state index is -0.426. The zero-order valence-corrected chi connectivity index (χ0v) is 16.5. The second-order valence-electron chi connectivity index (χ2n) is 6.11. The summed E-state index contributed by atoms with van der Waals surface area (Å²) in [6.07, 6.45) is 0. The van der Waals surface area contributed by atoms with E-state index < -0.39 is 5.97 Å². The number of ether oxygens (including phenoxy) is 3. The zero-order chi connectivity index (χ0) is 20.6. The van der Waals surface area contributed by atoms with Crippen molar-refractivity contribution in [1.82, 2.24) is 0 Å². The van der Waals surface area contributed by atoms with Crippen molar-refractivity contribution in [2.24, 2.45) is 0 Å². The van der Waals surface area contributed by atoms with Gasteiger partial charge in [-0.3, -0.25) is 4.79 Å². The van der Waals surface area contributed by atoms with E-state index in [4.69, 9.17) is 25.8 Å². The molecule has 3 aromatic carbocycles. The molecule has 0 saturated carbocycles. The molecule has 0 amide bonds. The van der Waals surface area contributed by atoms with E-state index in [-0.39, 0.29) is 19.2 Å². The van der Waals surface area contributed by atoms with Crippen molar-refractivity contribution in [2.75, 3.05) is 13.2 Å². The van der Waals surface area contributed by atoms with Crippen LogP contribution in [-0.2, 0) is 9.53 Å². The summed E-state index contributed by atoms with van der Waals surface area (Å²) < 4.78 is 15.7. The van der Waals surface area contributed by atoms with Crippen molar-refractivity contribution in [3.05, 3.63) is 83.4 Å². The SMILES string of the molecule is CC(=O)Oc1ccc(-c2ccc(C(=O)OCCOc3ccccc3Cl)cc2)cc1. The van der Waals surface area contributed by atoms with Crippen molar-refractivity contribution in [3.63, 3.8) is 0 Å². The summed E-state index contributed by atoms with van der Waals surface area (Å²) >= 11 is 6.00. The van der Waals surface area contributed by atoms with Gasteiger partial charge in [-0.1, -0.05) is 48.0 Å². The quantitative estimate of drug-likeness (QED) is 0.305. The molecule has 0 aliphatic rings. The molecule has 0 heterocycles. The number of carbonyl (C=O) groups is 2. The fourth-order valence-corrected chi connectivity index (χ4v) is 2.80. The Morgan fingerprint density at radius 2 is 1.45 bits per heavy atom. The van der Waals surface area contributed by atoms with E-state index in [0.29, 0.717) is 22.1 Å². The van der Waals surface area contributed by atoms with E-state index in [0.717, 1.165) is 11.1 Å². The highest BCUT2D eigenvalue weighted by molar-refractivity contribution is 6.32. The highest BCUT2D eigenvalue weighted by Crippen LogP contribution is 2.24. The van der Waals surface area contributed by atoms with Gasteiger partial charge >= 0.3 is 11.9 Å². The first-order valence-corrected chi connectivity index (χ1v) is 9.34. The molecule has 0 atom stereocenters. The summed E-state index contributed by atoms with van der Waals surface area (Å²) in [5.41, 5.74) is 2.31. The smallest absolute Gasteiger partial charge is 0.338 e. The highest BCUT2D eigenvalue weighted by atomic mass is 35.5. The molecule has 6 heteroatoms. The molecule has 148 valence electrons. The number of esters is 2. The van der Waals surface area contributed by atoms with E-state index in [9.17, 15) is 9.59 Å². The maximum atomic E-state index is 12.2. The van der Waals surface area contributed by atoms with Crippen LogP contribution in [0.2, 0.25) is 5.02 Å². The molecular formula is C23H19ClO5. The Hall–Kier alpha value is -3.31. The van der Waals surface area contributed by atoms with E-state index in [1.165, 1.54) is 6.92 Å². The third kappa shape index (κ3) is 5.83. The molecule has 0 fully saturated rings. The molecule has 0 spiro atoms. The van der Waals surface area contributed by atoms with Crippen molar-refractivity contribution in [3.8, 4) is 22.6 Å². The lowest BCUT2D eigenvalue weighted by Gasteiger charge is -2.09. The molecule has 3 rings (SSSR count). The van der Waals surface area contributed by atoms with Crippen LogP contribution < -0.4 is 9.47 Å². The average Bonchev–Trinajstić information content (AvgIpc) is 2.72. The van der Waals surface area contributed by atoms with Crippen molar-refractivity contribution in [1.29, 1.82) is 0 Å². The predicted molar refractivity (Wildman–Crippen MR) is 110 cm³/mol. The number of rotatable bonds is 7. The lowest BCUT2D eigenvalue weighted by atomic mass is 10.0. The first-order valence-electron chi connectivity index (χ1n) is 8.96. The van der Waals surface area contributed by atoms with Crippen LogP contribution in [0.5, 0.6) is 11.5 Å². The number of hydrogen-bond donors (Lipinski definition) is 0. The topological polar surface area (TPSA) is 61.8 Å². The van der Waals surface area contributed by atoms with E-state index in [1.54, 1.807) is 36.4 Å². The molecule has 0 unspecified atom stereocenters. The summed E-state index contributed by atoms with van der Waals surface area (Å²) in [7, 11) is 0. The van der Waals surface area contributed by atoms with Gasteiger partial charge < -0.3 is 14.2 Å². The summed E-state index contributed by atoms with van der Waals surface area (Å²) in [5.74, 6) is 0.247. The second-order valence-corrected chi connectivity index (χ2v) is 6.52. The first-order chi connectivity index (χ1) is 14.0. The summed E-state index contributed by atoms with van der Waals surface area (Å²) in [4.78, 5) is 23.1. The first kappa shape index (κ1) is 20.4. The molecule has 0 aliphatic heterocycles. The van der Waals surface area contributed by atoms with Crippen LogP contribution in [0.4, 0.5) is 0 Å². The number of halogens is 1. The number of carbonyl (C=O) groups excluding carboxylic acids is 2. The Bertz CT molecular complexity index is 981. The Balaban J connectivity index is 1.52. The zero-order valence-electron chi connectivity index (χ0n) is 15.8. The van der Waals surface area contributed by atoms with Crippen LogP contribution in [-0.4, -0.2) is 25.2 Å². The van der Waals surface area contributed by atoms with Gasteiger partial charge in [0.15, 0.2) is 0 Å². The number of benzene rings is 3. The van der Waals surface area contributed by atoms with Crippen LogP contribution in [0.25, 0.3) is 11.1 Å². The van der Waals surface area contributed by atoms with Crippen LogP contribution in [0, 0.1) is 0 Å². The van der Waals surface area contributed by atoms with Gasteiger partial charge in [0.2, 0.25) is 0 Å². The Morgan fingerprint density at radius 3 is 2.07 bits per heavy atom. The standard InChI is InChI=1S/C23H19ClO5/c1-16(25)29-20-12-10-18(11-13-20)17-6-8-19(9-7-17)23(26)28-15-14-27-22-5-3-2-4-21(22)24/h2-13H,14-15H2,1H3. The lowest BCUT2D eigenvalue weighted by molar-refractivity contribution is -0.131. The normalized spacial score (nSPS) is 10.3. The average molecular weight is 411 g/mol. The third-order valence-corrected chi connectivity index (χ3v) is 4.29. The Kier molecular flexibility index (Phi) is 6.87. The van der Waals surface area contributed by atoms with Gasteiger partial charge in [-0.05, 0) is 47.5 Å². The largest absolute Gasteiger partial charge is 0.488 e. The maximum Gasteiger partial charge on any atom is 0.338 e. The molecule has 5 nitrogen and oxygen atoms in total. The summed E-state index contributed by atoms with van der Waals surface area (Å²) in [6, 6.07) is 21.3. The Labute approximate surface area is 173 Å². The summed E-state index contributed by atoms with van der Waals surface area (Å²) in [5, 5.41) is 0.510. The van der Waals surface area contributed by atoms with Crippen molar-refractivity contribution < 1.29 is 23.8 Å². The number of hydrogen-bond acceptors (Lipinski definition) is 5. The monoisotopic (exact) mass is 410 g/mol. The molecule has 0 N–H and O–H groups in total. The molecular weight excluding hydrogens is 392 g/mol. The van der Waals surface area contributed by atoms with E-state index in [1.807, 2.05) is 36.4 Å². The van der Waals surface area contributed by atoms with Gasteiger partial charge in [-0.25, -0.2) is 4.79 Å². The summed E-state index contributed by atoms with van der Waals surface area (Å²) in [6.45, 7) is 1.68. The predicted octanol–water partition coefficient (Wildman–Crippen LogP) is 5.17. The van der Waals surface area contributed by atoms with Gasteiger partial charge in [0.05, 0.1) is 10.6 Å². The van der Waals surface area contributed by atoms with Crippen LogP contribution in [0.3, 0.4) is 0 Å². The van der Waals surface area contributed by atoms with Crippen LogP contribution >= 0.6 is 11.6 Å². The van der Waals surface area contributed by atoms with Gasteiger partial charge in [0.25, 0.3) is 0 Å². The van der Waals surface area contributed by atoms with E-state index in [2.05, 4.69) is 0 Å². The Morgan fingerprint density at radius 1 is 0.828 bits per heavy atom. The van der Waals surface area contributed by atoms with Gasteiger partial charge in [-0.2, -0.15) is 0 Å². The minimum absolute atomic E-state index is 0.115. The number of para-hydroxylation sites is 1. The molecule has 0 radical (unpaired) electrons. The fraction of sp³-hybridized carbons (Fsp3) is 0.130. The fourth-order valence-electron chi connectivity index (χ4n) is 2.61. The second kappa shape index (κ2) is 9.75. The molecule has 0 bridgehead atoms. The third-order valence-electron chi connectivity index (χ3n) is 3.98. The van der Waals surface area contributed by atoms with Crippen LogP contribution in [0.1, 0.15) is 17.3 Å². The molecule has 0 aromatic heterocycles. The maximum absolute atomic E-state index is 12.2. The lowest BCUT2D eigenvalue weighted by Crippen LogP contribution is -2.12. The molecule has 3 aromatic rings. The minimum Gasteiger partial charge on any atom is -0.488 e. The van der Waals surface area contributed by atoms with Gasteiger partial charge in [0.1, 0.15) is 24.7 Å². The molecule has 29 heavy (non-hydrogen) atoms. The molecule has 0 aliphatic carbocycles. The highest BCUT2D eigenvalue weighted by Gasteiger charge is 2.08. The van der Waals surface area contributed by atoms with Crippen LogP contribution in [0.15, 0.2) is 72.8 Å². The molecule has 0 saturated heterocycles. The van der Waals surface area contributed by atoms with E-state index >= 15 is 0 Å². The van der Waals surface area contributed by atoms with Crippen molar-refractivity contribution >= 4 is 23.5 Å².